The Bertz CT molecular complexity index is 546. The lowest BCUT2D eigenvalue weighted by molar-refractivity contribution is -0.147. The number of nitrogens with zero attached hydrogens (tertiary/aromatic N) is 1. The Morgan fingerprint density at radius 1 is 1.38 bits per heavy atom. The largest absolute Gasteiger partial charge is 0.480 e. The van der Waals surface area contributed by atoms with Crippen LogP contribution in [0.1, 0.15) is 38.3 Å². The second-order valence-corrected chi connectivity index (χ2v) is 5.99. The third-order valence-corrected chi connectivity index (χ3v) is 4.31. The molecule has 6 heteroatoms. The van der Waals surface area contributed by atoms with Crippen molar-refractivity contribution in [3.05, 3.63) is 34.9 Å². The molecule has 0 spiro atoms. The molecule has 0 saturated carbocycles. The third-order valence-electron chi connectivity index (χ3n) is 4.06. The number of carbonyl (C=O) groups excluding carboxylic acids is 1. The van der Waals surface area contributed by atoms with E-state index in [-0.39, 0.29) is 12.1 Å². The van der Waals surface area contributed by atoms with Crippen LogP contribution in [-0.2, 0) is 4.79 Å². The molecule has 1 aliphatic rings. The van der Waals surface area contributed by atoms with Gasteiger partial charge < -0.3 is 15.3 Å². The van der Waals surface area contributed by atoms with Gasteiger partial charge in [-0.05, 0) is 44.4 Å². The minimum absolute atomic E-state index is 0.214. The number of nitrogens with one attached hydrogen (secondary N) is 1. The van der Waals surface area contributed by atoms with Crippen molar-refractivity contribution < 1.29 is 14.7 Å². The van der Waals surface area contributed by atoms with E-state index in [9.17, 15) is 14.7 Å². The minimum Gasteiger partial charge on any atom is -0.480 e. The van der Waals surface area contributed by atoms with Crippen molar-refractivity contribution in [2.24, 2.45) is 0 Å². The molecule has 114 valence electrons. The Morgan fingerprint density at radius 2 is 2.00 bits per heavy atom. The van der Waals surface area contributed by atoms with Crippen molar-refractivity contribution >= 4 is 23.6 Å². The van der Waals surface area contributed by atoms with Crippen molar-refractivity contribution in [2.45, 2.75) is 38.3 Å². The summed E-state index contributed by atoms with van der Waals surface area (Å²) in [5.41, 5.74) is -0.201. The van der Waals surface area contributed by atoms with Gasteiger partial charge in [0, 0.05) is 11.6 Å². The van der Waals surface area contributed by atoms with E-state index in [1.807, 2.05) is 19.1 Å². The van der Waals surface area contributed by atoms with Crippen LogP contribution in [-0.4, -0.2) is 34.1 Å². The molecule has 5 nitrogen and oxygen atoms in total. The van der Waals surface area contributed by atoms with Crippen LogP contribution in [0.5, 0.6) is 0 Å². The van der Waals surface area contributed by atoms with E-state index in [1.165, 1.54) is 4.90 Å². The van der Waals surface area contributed by atoms with Gasteiger partial charge in [0.2, 0.25) is 0 Å². The first-order valence-electron chi connectivity index (χ1n) is 6.91. The monoisotopic (exact) mass is 310 g/mol. The van der Waals surface area contributed by atoms with Crippen LogP contribution in [0.2, 0.25) is 5.02 Å². The minimum atomic E-state index is -1.12. The highest BCUT2D eigenvalue weighted by molar-refractivity contribution is 6.30. The molecule has 0 aromatic heterocycles. The number of aliphatic carboxylic acids is 1. The zero-order valence-electron chi connectivity index (χ0n) is 12.1. The number of carboxylic acids is 1. The lowest BCUT2D eigenvalue weighted by Crippen LogP contribution is -2.54. The van der Waals surface area contributed by atoms with Gasteiger partial charge in [0.15, 0.2) is 0 Å². The summed E-state index contributed by atoms with van der Waals surface area (Å²) in [7, 11) is 0. The number of likely N-dealkylation sites (tertiary alicyclic amines) is 1. The first-order valence-corrected chi connectivity index (χ1v) is 7.29. The number of carboxylic acid groups (broad SMARTS) is 1. The van der Waals surface area contributed by atoms with E-state index < -0.39 is 11.5 Å². The predicted octanol–water partition coefficient (Wildman–Crippen LogP) is 3.05. The number of rotatable bonds is 3. The highest BCUT2D eigenvalue weighted by atomic mass is 35.5. The van der Waals surface area contributed by atoms with E-state index in [1.54, 1.807) is 19.1 Å². The quantitative estimate of drug-likeness (QED) is 0.901. The summed E-state index contributed by atoms with van der Waals surface area (Å²) < 4.78 is 0. The van der Waals surface area contributed by atoms with E-state index in [4.69, 9.17) is 11.6 Å². The smallest absolute Gasteiger partial charge is 0.329 e. The van der Waals surface area contributed by atoms with Crippen LogP contribution >= 0.6 is 11.6 Å². The Kier molecular flexibility index (Phi) is 4.42. The number of urea groups is 1. The number of amides is 2. The number of benzene rings is 1. The number of hydrogen-bond acceptors (Lipinski definition) is 2. The highest BCUT2D eigenvalue weighted by Gasteiger charge is 2.46. The summed E-state index contributed by atoms with van der Waals surface area (Å²) in [6, 6.07) is 6.64. The second kappa shape index (κ2) is 5.93. The fourth-order valence-electron chi connectivity index (χ4n) is 2.61. The van der Waals surface area contributed by atoms with Crippen LogP contribution in [0.15, 0.2) is 24.3 Å². The molecule has 1 aliphatic heterocycles. The number of hydrogen-bond donors (Lipinski definition) is 2. The summed E-state index contributed by atoms with van der Waals surface area (Å²) in [4.78, 5) is 25.1. The molecule has 0 aliphatic carbocycles. The molecule has 0 radical (unpaired) electrons. The topological polar surface area (TPSA) is 69.6 Å². The maximum absolute atomic E-state index is 12.3. The van der Waals surface area contributed by atoms with E-state index >= 15 is 0 Å². The standard InChI is InChI=1S/C15H19ClN2O3/c1-10(11-4-6-12(16)7-5-11)17-14(21)18-9-3-8-15(18,2)13(19)20/h4-7,10H,3,8-9H2,1-2H3,(H,17,21)(H,19,20). The fraction of sp³-hybridized carbons (Fsp3) is 0.467. The van der Waals surface area contributed by atoms with E-state index in [0.717, 1.165) is 5.56 Å². The van der Waals surface area contributed by atoms with Crippen molar-refractivity contribution in [1.82, 2.24) is 10.2 Å². The molecular formula is C15H19ClN2O3. The van der Waals surface area contributed by atoms with Crippen LogP contribution in [0.25, 0.3) is 0 Å². The first kappa shape index (κ1) is 15.6. The first-order chi connectivity index (χ1) is 9.84. The molecule has 1 saturated heterocycles. The lowest BCUT2D eigenvalue weighted by Gasteiger charge is -2.32. The van der Waals surface area contributed by atoms with Crippen molar-refractivity contribution in [3.63, 3.8) is 0 Å². The summed E-state index contributed by atoms with van der Waals surface area (Å²) in [5.74, 6) is -0.964. The van der Waals surface area contributed by atoms with Gasteiger partial charge in [-0.3, -0.25) is 0 Å². The van der Waals surface area contributed by atoms with Crippen molar-refractivity contribution in [3.8, 4) is 0 Å². The molecule has 2 rings (SSSR count). The fourth-order valence-corrected chi connectivity index (χ4v) is 2.74. The molecule has 1 aromatic rings. The second-order valence-electron chi connectivity index (χ2n) is 5.56. The molecule has 2 N–H and O–H groups in total. The SMILES string of the molecule is CC(NC(=O)N1CCCC1(C)C(=O)O)c1ccc(Cl)cc1. The Balaban J connectivity index is 2.07. The van der Waals surface area contributed by atoms with Gasteiger partial charge in [-0.25, -0.2) is 9.59 Å². The van der Waals surface area contributed by atoms with Crippen molar-refractivity contribution in [2.75, 3.05) is 6.54 Å². The summed E-state index contributed by atoms with van der Waals surface area (Å²) in [5, 5.41) is 12.8. The van der Waals surface area contributed by atoms with Gasteiger partial charge in [0.05, 0.1) is 6.04 Å². The van der Waals surface area contributed by atoms with Crippen LogP contribution < -0.4 is 5.32 Å². The molecule has 1 fully saturated rings. The molecule has 2 unspecified atom stereocenters. The molecular weight excluding hydrogens is 292 g/mol. The molecule has 2 amide bonds. The predicted molar refractivity (Wildman–Crippen MR) is 80.4 cm³/mol. The summed E-state index contributed by atoms with van der Waals surface area (Å²) >= 11 is 5.84. The third kappa shape index (κ3) is 3.13. The average molecular weight is 311 g/mol. The normalized spacial score (nSPS) is 22.9. The number of halogens is 1. The molecule has 1 aromatic carbocycles. The van der Waals surface area contributed by atoms with E-state index in [2.05, 4.69) is 5.32 Å². The molecule has 1 heterocycles. The number of carbonyl (C=O) groups is 2. The molecule has 0 bridgehead atoms. The van der Waals surface area contributed by atoms with Gasteiger partial charge in [-0.1, -0.05) is 23.7 Å². The van der Waals surface area contributed by atoms with Gasteiger partial charge in [0.25, 0.3) is 0 Å². The van der Waals surface area contributed by atoms with Gasteiger partial charge in [-0.15, -0.1) is 0 Å². The Labute approximate surface area is 128 Å². The maximum Gasteiger partial charge on any atom is 0.329 e. The van der Waals surface area contributed by atoms with Gasteiger partial charge >= 0.3 is 12.0 Å². The maximum atomic E-state index is 12.3. The van der Waals surface area contributed by atoms with E-state index in [0.29, 0.717) is 24.4 Å². The molecule has 21 heavy (non-hydrogen) atoms. The summed E-state index contributed by atoms with van der Waals surface area (Å²) in [6.45, 7) is 3.91. The van der Waals surface area contributed by atoms with Gasteiger partial charge in [-0.2, -0.15) is 0 Å². The Hall–Kier alpha value is -1.75. The van der Waals surface area contributed by atoms with Crippen LogP contribution in [0.4, 0.5) is 4.79 Å². The Morgan fingerprint density at radius 3 is 2.57 bits per heavy atom. The molecule has 2 atom stereocenters. The zero-order chi connectivity index (χ0) is 15.6. The van der Waals surface area contributed by atoms with Crippen LogP contribution in [0.3, 0.4) is 0 Å². The van der Waals surface area contributed by atoms with Gasteiger partial charge in [0.1, 0.15) is 5.54 Å². The highest BCUT2D eigenvalue weighted by Crippen LogP contribution is 2.29. The lowest BCUT2D eigenvalue weighted by atomic mass is 9.99. The zero-order valence-corrected chi connectivity index (χ0v) is 12.9. The van der Waals surface area contributed by atoms with Crippen LogP contribution in [0, 0.1) is 0 Å². The average Bonchev–Trinajstić information content (AvgIpc) is 2.83. The summed E-state index contributed by atoms with van der Waals surface area (Å²) in [6.07, 6.45) is 1.18. The van der Waals surface area contributed by atoms with Crippen molar-refractivity contribution in [1.29, 1.82) is 0 Å².